The highest BCUT2D eigenvalue weighted by molar-refractivity contribution is 5.85. The van der Waals surface area contributed by atoms with Crippen molar-refractivity contribution in [1.29, 1.82) is 0 Å². The Hall–Kier alpha value is -2.58. The minimum absolute atomic E-state index is 0. The van der Waals surface area contributed by atoms with Gasteiger partial charge in [-0.2, -0.15) is 0 Å². The van der Waals surface area contributed by atoms with E-state index >= 15 is 0 Å². The highest BCUT2D eigenvalue weighted by atomic mass is 35.5. The maximum absolute atomic E-state index is 12.1. The molecule has 0 fully saturated rings. The van der Waals surface area contributed by atoms with E-state index in [-0.39, 0.29) is 25.6 Å². The number of nitrogens with one attached hydrogen (secondary N) is 1. The first-order chi connectivity index (χ1) is 13.3. The summed E-state index contributed by atoms with van der Waals surface area (Å²) in [6.45, 7) is 5.97. The van der Waals surface area contributed by atoms with Crippen LogP contribution in [-0.2, 0) is 38.8 Å². The molecule has 0 unspecified atom stereocenters. The minimum atomic E-state index is -0.899. The number of carbonyl (C=O) groups excluding carboxylic acids is 2. The molecule has 160 valence electrons. The lowest BCUT2D eigenvalue weighted by Gasteiger charge is -2.22. The van der Waals surface area contributed by atoms with Crippen LogP contribution in [0.4, 0.5) is 4.79 Å². The second-order valence-corrected chi connectivity index (χ2v) is 7.24. The van der Waals surface area contributed by atoms with E-state index in [1.54, 1.807) is 37.9 Å². The average Bonchev–Trinajstić information content (AvgIpc) is 3.07. The molecule has 0 saturated heterocycles. The number of ether oxygens (including phenoxy) is 3. The Kier molecular flexibility index (Phi) is 9.64. The van der Waals surface area contributed by atoms with Crippen molar-refractivity contribution >= 4 is 24.5 Å². The van der Waals surface area contributed by atoms with Gasteiger partial charge >= 0.3 is 12.1 Å². The lowest BCUT2D eigenvalue weighted by atomic mass is 10.1. The van der Waals surface area contributed by atoms with Crippen LogP contribution < -0.4 is 5.32 Å². The van der Waals surface area contributed by atoms with Crippen molar-refractivity contribution in [3.8, 4) is 0 Å². The van der Waals surface area contributed by atoms with E-state index < -0.39 is 23.7 Å². The molecule has 0 aliphatic heterocycles. The van der Waals surface area contributed by atoms with Crippen molar-refractivity contribution in [3.05, 3.63) is 54.1 Å². The first kappa shape index (κ1) is 24.5. The standard InChI is InChI=1S/C20H27N3O5.ClH/c1-20(2,3)28-19(25)22-17(18(24)26-4)10-16-11-21-13-23(16)14-27-12-15-8-6-5-7-9-15;/h5-9,11,13,17H,10,12,14H2,1-4H3,(H,22,25);1H/t17-;/m0./s1. The SMILES string of the molecule is COC(=O)[C@H](Cc1cncn1COCc1ccccc1)NC(=O)OC(C)(C)C.Cl. The van der Waals surface area contributed by atoms with Gasteiger partial charge in [-0.15, -0.1) is 12.4 Å². The van der Waals surface area contributed by atoms with Gasteiger partial charge in [0.2, 0.25) is 0 Å². The largest absolute Gasteiger partial charge is 0.467 e. The number of aromatic nitrogens is 2. The average molecular weight is 426 g/mol. The van der Waals surface area contributed by atoms with Crippen LogP contribution in [0.3, 0.4) is 0 Å². The summed E-state index contributed by atoms with van der Waals surface area (Å²) in [5, 5.41) is 2.55. The van der Waals surface area contributed by atoms with Gasteiger partial charge < -0.3 is 24.1 Å². The van der Waals surface area contributed by atoms with Crippen LogP contribution in [0.15, 0.2) is 42.9 Å². The summed E-state index contributed by atoms with van der Waals surface area (Å²) in [6, 6.07) is 8.90. The number of benzene rings is 1. The van der Waals surface area contributed by atoms with E-state index in [0.29, 0.717) is 6.61 Å². The van der Waals surface area contributed by atoms with Crippen LogP contribution in [0.5, 0.6) is 0 Å². The van der Waals surface area contributed by atoms with Crippen molar-refractivity contribution in [2.75, 3.05) is 7.11 Å². The molecule has 9 heteroatoms. The van der Waals surface area contributed by atoms with Crippen LogP contribution in [0.2, 0.25) is 0 Å². The third kappa shape index (κ3) is 8.53. The molecule has 1 heterocycles. The molecule has 1 aromatic heterocycles. The zero-order chi connectivity index (χ0) is 20.6. The van der Waals surface area contributed by atoms with Gasteiger partial charge in [-0.3, -0.25) is 0 Å². The third-order valence-corrected chi connectivity index (χ3v) is 3.73. The van der Waals surface area contributed by atoms with Gasteiger partial charge in [0.15, 0.2) is 0 Å². The van der Waals surface area contributed by atoms with E-state index in [0.717, 1.165) is 11.3 Å². The summed E-state index contributed by atoms with van der Waals surface area (Å²) >= 11 is 0. The Morgan fingerprint density at radius 3 is 2.52 bits per heavy atom. The van der Waals surface area contributed by atoms with Crippen molar-refractivity contribution in [3.63, 3.8) is 0 Å². The molecular formula is C20H28ClN3O5. The van der Waals surface area contributed by atoms with Crippen LogP contribution in [0.1, 0.15) is 32.0 Å². The van der Waals surface area contributed by atoms with Crippen molar-refractivity contribution in [1.82, 2.24) is 14.9 Å². The van der Waals surface area contributed by atoms with Gasteiger partial charge in [-0.05, 0) is 26.3 Å². The first-order valence-electron chi connectivity index (χ1n) is 8.96. The zero-order valence-corrected chi connectivity index (χ0v) is 17.9. The summed E-state index contributed by atoms with van der Waals surface area (Å²) < 4.78 is 17.5. The fourth-order valence-electron chi connectivity index (χ4n) is 2.46. The molecule has 2 rings (SSSR count). The highest BCUT2D eigenvalue weighted by Gasteiger charge is 2.26. The van der Waals surface area contributed by atoms with Gasteiger partial charge in [-0.1, -0.05) is 30.3 Å². The van der Waals surface area contributed by atoms with Gasteiger partial charge in [-0.25, -0.2) is 14.6 Å². The number of esters is 1. The molecule has 0 spiro atoms. The van der Waals surface area contributed by atoms with E-state index in [4.69, 9.17) is 14.2 Å². The quantitative estimate of drug-likeness (QED) is 0.653. The van der Waals surface area contributed by atoms with E-state index in [2.05, 4.69) is 10.3 Å². The van der Waals surface area contributed by atoms with Crippen LogP contribution in [0.25, 0.3) is 0 Å². The second-order valence-electron chi connectivity index (χ2n) is 7.24. The molecule has 2 aromatic rings. The summed E-state index contributed by atoms with van der Waals surface area (Å²) in [7, 11) is 1.27. The Labute approximate surface area is 177 Å². The summed E-state index contributed by atoms with van der Waals surface area (Å²) in [4.78, 5) is 28.3. The van der Waals surface area contributed by atoms with E-state index in [1.807, 2.05) is 30.3 Å². The molecule has 0 aliphatic rings. The summed E-state index contributed by atoms with van der Waals surface area (Å²) in [5.74, 6) is -0.566. The topological polar surface area (TPSA) is 91.7 Å². The van der Waals surface area contributed by atoms with Crippen molar-refractivity contribution in [2.24, 2.45) is 0 Å². The molecule has 0 bridgehead atoms. The molecule has 8 nitrogen and oxygen atoms in total. The number of rotatable bonds is 8. The number of alkyl carbamates (subject to hydrolysis) is 1. The number of imidazole rings is 1. The first-order valence-corrected chi connectivity index (χ1v) is 8.96. The fraction of sp³-hybridized carbons (Fsp3) is 0.450. The lowest BCUT2D eigenvalue weighted by molar-refractivity contribution is -0.143. The molecule has 1 amide bonds. The van der Waals surface area contributed by atoms with Crippen molar-refractivity contribution < 1.29 is 23.8 Å². The monoisotopic (exact) mass is 425 g/mol. The van der Waals surface area contributed by atoms with Gasteiger partial charge in [0.05, 0.1) is 20.0 Å². The van der Waals surface area contributed by atoms with E-state index in [1.165, 1.54) is 7.11 Å². The number of nitrogens with zero attached hydrogens (tertiary/aromatic N) is 2. The Balaban J connectivity index is 0.00000420. The van der Waals surface area contributed by atoms with Crippen LogP contribution in [0, 0.1) is 0 Å². The number of amides is 1. The van der Waals surface area contributed by atoms with Crippen LogP contribution >= 0.6 is 12.4 Å². The molecule has 0 saturated carbocycles. The molecule has 0 radical (unpaired) electrons. The predicted molar refractivity (Wildman–Crippen MR) is 110 cm³/mol. The molecular weight excluding hydrogens is 398 g/mol. The summed E-state index contributed by atoms with van der Waals surface area (Å²) in [6.07, 6.45) is 2.75. The normalized spacial score (nSPS) is 11.9. The summed E-state index contributed by atoms with van der Waals surface area (Å²) in [5.41, 5.74) is 1.11. The lowest BCUT2D eigenvalue weighted by Crippen LogP contribution is -2.45. The van der Waals surface area contributed by atoms with Crippen LogP contribution in [-0.4, -0.2) is 40.4 Å². The zero-order valence-electron chi connectivity index (χ0n) is 17.1. The van der Waals surface area contributed by atoms with Gasteiger partial charge in [0.25, 0.3) is 0 Å². The molecule has 29 heavy (non-hydrogen) atoms. The smallest absolute Gasteiger partial charge is 0.408 e. The minimum Gasteiger partial charge on any atom is -0.467 e. The second kappa shape index (κ2) is 11.4. The Bertz CT molecular complexity index is 774. The number of hydrogen-bond donors (Lipinski definition) is 1. The molecule has 1 atom stereocenters. The molecule has 1 N–H and O–H groups in total. The molecule has 1 aromatic carbocycles. The maximum atomic E-state index is 12.1. The van der Waals surface area contributed by atoms with Crippen molar-refractivity contribution in [2.45, 2.75) is 52.2 Å². The Morgan fingerprint density at radius 1 is 1.21 bits per heavy atom. The maximum Gasteiger partial charge on any atom is 0.408 e. The number of carbonyl (C=O) groups is 2. The fourth-order valence-corrected chi connectivity index (χ4v) is 2.46. The Morgan fingerprint density at radius 2 is 1.90 bits per heavy atom. The van der Waals surface area contributed by atoms with Gasteiger partial charge in [0.1, 0.15) is 18.4 Å². The van der Waals surface area contributed by atoms with E-state index in [9.17, 15) is 9.59 Å². The highest BCUT2D eigenvalue weighted by Crippen LogP contribution is 2.10. The van der Waals surface area contributed by atoms with Gasteiger partial charge in [0, 0.05) is 18.3 Å². The number of halogens is 1. The number of methoxy groups -OCH3 is 1. The number of hydrogen-bond acceptors (Lipinski definition) is 6. The third-order valence-electron chi connectivity index (χ3n) is 3.73. The molecule has 0 aliphatic carbocycles. The predicted octanol–water partition coefficient (Wildman–Crippen LogP) is 3.09.